The van der Waals surface area contributed by atoms with Crippen LogP contribution >= 0.6 is 11.3 Å². The molecule has 112 valence electrons. The fraction of sp³-hybridized carbons (Fsp3) is 0.0667. The second-order valence-electron chi connectivity index (χ2n) is 4.79. The van der Waals surface area contributed by atoms with Crippen LogP contribution in [-0.4, -0.2) is 31.2 Å². The van der Waals surface area contributed by atoms with Crippen LogP contribution in [0, 0.1) is 6.92 Å². The normalized spacial score (nSPS) is 11.0. The van der Waals surface area contributed by atoms with E-state index in [4.69, 9.17) is 0 Å². The monoisotopic (exact) mass is 317 g/mol. The maximum Gasteiger partial charge on any atom is 0.221 e. The number of aryl methyl sites for hydroxylation is 1. The third-order valence-corrected chi connectivity index (χ3v) is 4.30. The lowest BCUT2D eigenvalue weighted by molar-refractivity contribution is 0.103. The van der Waals surface area contributed by atoms with E-state index in [0.29, 0.717) is 10.3 Å². The van der Waals surface area contributed by atoms with Crippen molar-refractivity contribution < 1.29 is 25.2 Å². The molecule has 22 heavy (non-hydrogen) atoms. The lowest BCUT2D eigenvalue weighted by atomic mass is 10.1. The molecule has 0 saturated carbocycles. The number of rotatable bonds is 2. The number of carbonyl (C=O) groups excluding carboxylic acids is 1. The van der Waals surface area contributed by atoms with Crippen molar-refractivity contribution in [1.82, 2.24) is 4.98 Å². The predicted octanol–water partition coefficient (Wildman–Crippen LogP) is 2.66. The molecule has 0 saturated heterocycles. The Morgan fingerprint density at radius 2 is 1.77 bits per heavy atom. The molecule has 0 amide bonds. The predicted molar refractivity (Wildman–Crippen MR) is 80.9 cm³/mol. The first-order chi connectivity index (χ1) is 10.4. The maximum absolute atomic E-state index is 12.4. The molecular weight excluding hydrogens is 306 g/mol. The molecule has 2 aromatic carbocycles. The summed E-state index contributed by atoms with van der Waals surface area (Å²) < 4.78 is 0.323. The number of hydrogen-bond donors (Lipinski definition) is 4. The van der Waals surface area contributed by atoms with Crippen molar-refractivity contribution in [2.24, 2.45) is 0 Å². The highest BCUT2D eigenvalue weighted by Gasteiger charge is 2.20. The first kappa shape index (κ1) is 14.2. The Balaban J connectivity index is 2.14. The Hall–Kier alpha value is -2.80. The number of aromatic hydroxyl groups is 4. The van der Waals surface area contributed by atoms with Crippen LogP contribution in [0.3, 0.4) is 0 Å². The molecule has 1 heterocycles. The van der Waals surface area contributed by atoms with E-state index in [1.807, 2.05) is 0 Å². The summed E-state index contributed by atoms with van der Waals surface area (Å²) in [6.07, 6.45) is 0. The summed E-state index contributed by atoms with van der Waals surface area (Å²) in [5, 5.41) is 38.7. The first-order valence-corrected chi connectivity index (χ1v) is 7.09. The molecule has 0 spiro atoms. The molecule has 1 aromatic heterocycles. The van der Waals surface area contributed by atoms with Crippen LogP contribution in [0.5, 0.6) is 23.0 Å². The fourth-order valence-electron chi connectivity index (χ4n) is 2.06. The second-order valence-corrected chi connectivity index (χ2v) is 5.79. The van der Waals surface area contributed by atoms with Crippen molar-refractivity contribution in [2.45, 2.75) is 6.92 Å². The van der Waals surface area contributed by atoms with Gasteiger partial charge in [0.1, 0.15) is 21.7 Å². The zero-order valence-corrected chi connectivity index (χ0v) is 12.2. The molecular formula is C15H11NO5S. The summed E-state index contributed by atoms with van der Waals surface area (Å²) in [7, 11) is 0. The van der Waals surface area contributed by atoms with E-state index >= 15 is 0 Å². The number of carbonyl (C=O) groups is 1. The van der Waals surface area contributed by atoms with Gasteiger partial charge in [-0.05, 0) is 36.8 Å². The molecule has 0 aliphatic carbocycles. The molecule has 7 heteroatoms. The number of fused-ring (bicyclic) bond motifs is 1. The van der Waals surface area contributed by atoms with Crippen molar-refractivity contribution in [3.8, 4) is 23.0 Å². The van der Waals surface area contributed by atoms with E-state index < -0.39 is 11.5 Å². The Kier molecular flexibility index (Phi) is 3.14. The number of ketones is 1. The average molecular weight is 317 g/mol. The lowest BCUT2D eigenvalue weighted by Crippen LogP contribution is -1.99. The topological polar surface area (TPSA) is 111 Å². The van der Waals surface area contributed by atoms with Gasteiger partial charge in [0, 0.05) is 5.56 Å². The minimum Gasteiger partial charge on any atom is -0.506 e. The van der Waals surface area contributed by atoms with Gasteiger partial charge in [0.15, 0.2) is 16.5 Å². The highest BCUT2D eigenvalue weighted by Crippen LogP contribution is 2.39. The van der Waals surface area contributed by atoms with Crippen LogP contribution in [-0.2, 0) is 0 Å². The van der Waals surface area contributed by atoms with Gasteiger partial charge in [-0.15, -0.1) is 11.3 Å². The summed E-state index contributed by atoms with van der Waals surface area (Å²) in [6, 6.07) is 5.07. The van der Waals surface area contributed by atoms with Crippen molar-refractivity contribution in [2.75, 3.05) is 0 Å². The van der Waals surface area contributed by atoms with Crippen LogP contribution in [0.1, 0.15) is 20.9 Å². The van der Waals surface area contributed by atoms with Crippen molar-refractivity contribution in [1.29, 1.82) is 0 Å². The van der Waals surface area contributed by atoms with E-state index in [2.05, 4.69) is 4.98 Å². The molecule has 3 aromatic rings. The van der Waals surface area contributed by atoms with Gasteiger partial charge in [-0.2, -0.15) is 0 Å². The largest absolute Gasteiger partial charge is 0.506 e. The zero-order chi connectivity index (χ0) is 16.0. The minimum atomic E-state index is -0.479. The zero-order valence-electron chi connectivity index (χ0n) is 11.4. The van der Waals surface area contributed by atoms with Gasteiger partial charge in [-0.3, -0.25) is 4.79 Å². The van der Waals surface area contributed by atoms with E-state index in [0.717, 1.165) is 17.4 Å². The SMILES string of the molecule is Cc1cc(O)c2nc(C(=O)c3ccc(O)c(O)c3)sc2c1O. The van der Waals surface area contributed by atoms with Gasteiger partial charge in [0.05, 0.1) is 0 Å². The lowest BCUT2D eigenvalue weighted by Gasteiger charge is -2.00. The smallest absolute Gasteiger partial charge is 0.221 e. The van der Waals surface area contributed by atoms with Crippen LogP contribution in [0.2, 0.25) is 0 Å². The summed E-state index contributed by atoms with van der Waals surface area (Å²) >= 11 is 0.950. The van der Waals surface area contributed by atoms with Gasteiger partial charge in [0.25, 0.3) is 0 Å². The summed E-state index contributed by atoms with van der Waals surface area (Å²) in [4.78, 5) is 16.4. The van der Waals surface area contributed by atoms with Crippen LogP contribution in [0.25, 0.3) is 10.2 Å². The molecule has 0 atom stereocenters. The molecule has 0 fully saturated rings. The Morgan fingerprint density at radius 3 is 2.45 bits per heavy atom. The number of benzene rings is 2. The first-order valence-electron chi connectivity index (χ1n) is 6.27. The van der Waals surface area contributed by atoms with Crippen LogP contribution < -0.4 is 0 Å². The molecule has 0 aliphatic rings. The number of hydrogen-bond acceptors (Lipinski definition) is 7. The van der Waals surface area contributed by atoms with Crippen LogP contribution in [0.15, 0.2) is 24.3 Å². The van der Waals surface area contributed by atoms with Gasteiger partial charge in [0.2, 0.25) is 5.78 Å². The molecule has 0 radical (unpaired) electrons. The Morgan fingerprint density at radius 1 is 1.05 bits per heavy atom. The fourth-order valence-corrected chi connectivity index (χ4v) is 3.11. The molecule has 0 unspecified atom stereocenters. The summed E-state index contributed by atoms with van der Waals surface area (Å²) in [5.41, 5.74) is 0.777. The number of thiazole rings is 1. The van der Waals surface area contributed by atoms with Crippen LogP contribution in [0.4, 0.5) is 0 Å². The molecule has 3 rings (SSSR count). The minimum absolute atomic E-state index is 0.0297. The van der Waals surface area contributed by atoms with Crippen molar-refractivity contribution in [3.05, 3.63) is 40.4 Å². The summed E-state index contributed by atoms with van der Waals surface area (Å²) in [6.45, 7) is 1.63. The Bertz CT molecular complexity index is 916. The third-order valence-electron chi connectivity index (χ3n) is 3.24. The molecule has 0 bridgehead atoms. The van der Waals surface area contributed by atoms with Crippen molar-refractivity contribution in [3.63, 3.8) is 0 Å². The van der Waals surface area contributed by atoms with Gasteiger partial charge in [-0.1, -0.05) is 0 Å². The molecule has 0 aliphatic heterocycles. The standard InChI is InChI=1S/C15H11NO5S/c1-6-4-10(19)11-14(12(6)20)22-15(16-11)13(21)7-2-3-8(17)9(18)5-7/h2-5,17-20H,1H3. The van der Waals surface area contributed by atoms with E-state index in [1.54, 1.807) is 6.92 Å². The highest BCUT2D eigenvalue weighted by molar-refractivity contribution is 7.20. The quantitative estimate of drug-likeness (QED) is 0.328. The molecule has 4 N–H and O–H groups in total. The Labute approximate surface area is 128 Å². The summed E-state index contributed by atoms with van der Waals surface area (Å²) in [5.74, 6) is -1.36. The molecule has 6 nitrogen and oxygen atoms in total. The second kappa shape index (κ2) is 4.88. The number of aromatic nitrogens is 1. The maximum atomic E-state index is 12.4. The van der Waals surface area contributed by atoms with Crippen molar-refractivity contribution >= 4 is 27.3 Å². The average Bonchev–Trinajstić information content (AvgIpc) is 2.93. The van der Waals surface area contributed by atoms with E-state index in [1.165, 1.54) is 18.2 Å². The van der Waals surface area contributed by atoms with E-state index in [9.17, 15) is 25.2 Å². The van der Waals surface area contributed by atoms with Gasteiger partial charge >= 0.3 is 0 Å². The van der Waals surface area contributed by atoms with Gasteiger partial charge in [-0.25, -0.2) is 4.98 Å². The van der Waals surface area contributed by atoms with Gasteiger partial charge < -0.3 is 20.4 Å². The van der Waals surface area contributed by atoms with E-state index in [-0.39, 0.29) is 33.3 Å². The number of nitrogens with zero attached hydrogens (tertiary/aromatic N) is 1. The highest BCUT2D eigenvalue weighted by atomic mass is 32.1. The number of phenolic OH excluding ortho intramolecular Hbond substituents is 4. The third kappa shape index (κ3) is 2.11. The number of phenols is 4.